The van der Waals surface area contributed by atoms with E-state index in [1.165, 1.54) is 18.3 Å². The van der Waals surface area contributed by atoms with Crippen molar-refractivity contribution in [1.82, 2.24) is 20.1 Å². The van der Waals surface area contributed by atoms with Gasteiger partial charge < -0.3 is 15.4 Å². The first-order valence-electron chi connectivity index (χ1n) is 11.0. The van der Waals surface area contributed by atoms with Crippen molar-refractivity contribution in [2.24, 2.45) is 0 Å². The predicted octanol–water partition coefficient (Wildman–Crippen LogP) is 4.90. The molecule has 0 radical (unpaired) electrons. The molecule has 11 heteroatoms. The molecule has 1 aromatic carbocycles. The van der Waals surface area contributed by atoms with Crippen LogP contribution in [0.25, 0.3) is 10.9 Å². The van der Waals surface area contributed by atoms with E-state index in [0.717, 1.165) is 25.3 Å². The molecule has 182 valence electrons. The van der Waals surface area contributed by atoms with Crippen LogP contribution < -0.4 is 10.6 Å². The number of aromatic nitrogens is 3. The van der Waals surface area contributed by atoms with Crippen LogP contribution in [0.15, 0.2) is 36.7 Å². The van der Waals surface area contributed by atoms with Gasteiger partial charge >= 0.3 is 6.18 Å². The lowest BCUT2D eigenvalue weighted by Crippen LogP contribution is -2.41. The third kappa shape index (κ3) is 5.79. The van der Waals surface area contributed by atoms with Crippen LogP contribution in [0, 0.1) is 0 Å². The van der Waals surface area contributed by atoms with Gasteiger partial charge in [0.05, 0.1) is 30.4 Å². The number of alkyl halides is 3. The summed E-state index contributed by atoms with van der Waals surface area (Å²) in [6.07, 6.45) is 1.57. The number of nitrogens with one attached hydrogen (secondary N) is 2. The van der Waals surface area contributed by atoms with Crippen molar-refractivity contribution in [2.75, 3.05) is 19.0 Å². The Hall–Kier alpha value is -2.85. The number of amides is 1. The molecule has 7 nitrogen and oxygen atoms in total. The molecule has 4 rings (SSSR count). The second-order valence-corrected chi connectivity index (χ2v) is 8.81. The third-order valence-corrected chi connectivity index (χ3v) is 6.09. The van der Waals surface area contributed by atoms with E-state index in [9.17, 15) is 18.0 Å². The van der Waals surface area contributed by atoms with E-state index in [-0.39, 0.29) is 23.5 Å². The number of carbonyl (C=O) groups is 1. The van der Waals surface area contributed by atoms with Gasteiger partial charge in [0.25, 0.3) is 5.91 Å². The number of halogens is 4. The first-order valence-corrected chi connectivity index (χ1v) is 11.4. The molecule has 0 saturated heterocycles. The molecule has 1 aliphatic rings. The Morgan fingerprint density at radius 2 is 2.06 bits per heavy atom. The molecule has 1 amide bonds. The van der Waals surface area contributed by atoms with Gasteiger partial charge in [0, 0.05) is 41.5 Å². The van der Waals surface area contributed by atoms with Crippen molar-refractivity contribution in [3.63, 3.8) is 0 Å². The van der Waals surface area contributed by atoms with Gasteiger partial charge in [-0.3, -0.25) is 9.48 Å². The maximum absolute atomic E-state index is 13.4. The number of hydrogen-bond acceptors (Lipinski definition) is 5. The molecule has 34 heavy (non-hydrogen) atoms. The maximum Gasteiger partial charge on any atom is 0.433 e. The van der Waals surface area contributed by atoms with Gasteiger partial charge in [0.2, 0.25) is 0 Å². The summed E-state index contributed by atoms with van der Waals surface area (Å²) in [5.74, 6) is -0.227. The van der Waals surface area contributed by atoms with Gasteiger partial charge in [-0.2, -0.15) is 18.3 Å². The smallest absolute Gasteiger partial charge is 0.383 e. The van der Waals surface area contributed by atoms with Crippen molar-refractivity contribution in [3.05, 3.63) is 52.9 Å². The molecule has 2 atom stereocenters. The van der Waals surface area contributed by atoms with Crippen molar-refractivity contribution >= 4 is 34.1 Å². The average molecular weight is 496 g/mol. The fourth-order valence-electron chi connectivity index (χ4n) is 4.19. The van der Waals surface area contributed by atoms with E-state index in [1.807, 2.05) is 0 Å². The minimum atomic E-state index is -4.57. The average Bonchev–Trinajstić information content (AvgIpc) is 3.27. The Labute approximate surface area is 199 Å². The van der Waals surface area contributed by atoms with Crippen LogP contribution in [-0.2, 0) is 17.5 Å². The van der Waals surface area contributed by atoms with Crippen LogP contribution >= 0.6 is 11.6 Å². The lowest BCUT2D eigenvalue weighted by Gasteiger charge is -2.31. The van der Waals surface area contributed by atoms with Crippen LogP contribution in [0.5, 0.6) is 0 Å². The van der Waals surface area contributed by atoms with Gasteiger partial charge in [-0.1, -0.05) is 11.6 Å². The molecule has 3 aromatic rings. The topological polar surface area (TPSA) is 81.1 Å². The number of fused-ring (bicyclic) bond motifs is 1. The Bertz CT molecular complexity index is 1170. The third-order valence-electron chi connectivity index (χ3n) is 5.85. The number of pyridine rings is 1. The summed E-state index contributed by atoms with van der Waals surface area (Å²) in [7, 11) is 1.60. The standard InChI is InChI=1S/C23H25ClF3N5O2/c1-34-8-7-32-13-14(12-28-32)22(33)30-17-4-2-3-16(10-17)29-20-11-21(23(25,26)27)31-19-6-5-15(24)9-18(19)20/h5-6,9,11-13,16-17H,2-4,7-8,10H2,1H3,(H,29,31)(H,30,33)/t16-,17+/m0/s1. The number of carbonyl (C=O) groups excluding carboxylic acids is 1. The van der Waals surface area contributed by atoms with Crippen molar-refractivity contribution in [3.8, 4) is 0 Å². The minimum Gasteiger partial charge on any atom is -0.383 e. The molecule has 2 aromatic heterocycles. The fraction of sp³-hybridized carbons (Fsp3) is 0.435. The van der Waals surface area contributed by atoms with E-state index in [2.05, 4.69) is 20.7 Å². The van der Waals surface area contributed by atoms with Crippen LogP contribution in [0.3, 0.4) is 0 Å². The van der Waals surface area contributed by atoms with E-state index < -0.39 is 11.9 Å². The zero-order valence-electron chi connectivity index (χ0n) is 18.5. The number of benzene rings is 1. The number of methoxy groups -OCH3 is 1. The van der Waals surface area contributed by atoms with E-state index in [4.69, 9.17) is 16.3 Å². The van der Waals surface area contributed by atoms with Gasteiger partial charge in [-0.25, -0.2) is 4.98 Å². The first-order chi connectivity index (χ1) is 16.2. The second-order valence-electron chi connectivity index (χ2n) is 8.38. The highest BCUT2D eigenvalue weighted by Crippen LogP contribution is 2.35. The normalized spacial score (nSPS) is 18.7. The summed E-state index contributed by atoms with van der Waals surface area (Å²) in [5.41, 5.74) is 0.0378. The summed E-state index contributed by atoms with van der Waals surface area (Å²) in [5, 5.41) is 11.4. The summed E-state index contributed by atoms with van der Waals surface area (Å²) >= 11 is 6.09. The predicted molar refractivity (Wildman–Crippen MR) is 123 cm³/mol. The highest BCUT2D eigenvalue weighted by molar-refractivity contribution is 6.31. The molecule has 0 spiro atoms. The summed E-state index contributed by atoms with van der Waals surface area (Å²) < 4.78 is 46.9. The van der Waals surface area contributed by atoms with Crippen LogP contribution in [0.2, 0.25) is 5.02 Å². The quantitative estimate of drug-likeness (QED) is 0.487. The monoisotopic (exact) mass is 495 g/mol. The zero-order chi connectivity index (χ0) is 24.3. The van der Waals surface area contributed by atoms with Crippen molar-refractivity contribution in [2.45, 2.75) is 50.5 Å². The lowest BCUT2D eigenvalue weighted by atomic mass is 9.90. The molecule has 2 heterocycles. The van der Waals surface area contributed by atoms with Gasteiger partial charge in [0.1, 0.15) is 5.69 Å². The van der Waals surface area contributed by atoms with Crippen LogP contribution in [0.1, 0.15) is 41.7 Å². The van der Waals surface area contributed by atoms with E-state index >= 15 is 0 Å². The first kappa shape index (κ1) is 24.3. The van der Waals surface area contributed by atoms with E-state index in [1.54, 1.807) is 24.1 Å². The molecule has 1 fully saturated rings. The van der Waals surface area contributed by atoms with E-state index in [0.29, 0.717) is 41.2 Å². The lowest BCUT2D eigenvalue weighted by molar-refractivity contribution is -0.140. The molecular formula is C23H25ClF3N5O2. The molecule has 0 unspecified atom stereocenters. The van der Waals surface area contributed by atoms with Crippen LogP contribution in [-0.4, -0.2) is 46.5 Å². The molecule has 2 N–H and O–H groups in total. The number of rotatable bonds is 7. The SMILES string of the molecule is COCCn1cc(C(=O)N[C@@H]2CCC[C@H](Nc3cc(C(F)(F)F)nc4ccc(Cl)cc34)C2)cn1. The van der Waals surface area contributed by atoms with Gasteiger partial charge in [-0.15, -0.1) is 0 Å². The Balaban J connectivity index is 1.47. The second kappa shape index (κ2) is 10.2. The largest absolute Gasteiger partial charge is 0.433 e. The van der Waals surface area contributed by atoms with Gasteiger partial charge in [-0.05, 0) is 49.9 Å². The number of hydrogen-bond donors (Lipinski definition) is 2. The highest BCUT2D eigenvalue weighted by atomic mass is 35.5. The number of nitrogens with zero attached hydrogens (tertiary/aromatic N) is 3. The van der Waals surface area contributed by atoms with Crippen molar-refractivity contribution < 1.29 is 22.7 Å². The summed E-state index contributed by atoms with van der Waals surface area (Å²) in [4.78, 5) is 16.4. The Morgan fingerprint density at radius 1 is 1.26 bits per heavy atom. The maximum atomic E-state index is 13.4. The number of anilines is 1. The summed E-state index contributed by atoms with van der Waals surface area (Å²) in [6, 6.07) is 5.40. The molecule has 0 bridgehead atoms. The Kier molecular flexibility index (Phi) is 7.27. The molecule has 1 saturated carbocycles. The Morgan fingerprint density at radius 3 is 2.82 bits per heavy atom. The fourth-order valence-corrected chi connectivity index (χ4v) is 4.36. The highest BCUT2D eigenvalue weighted by Gasteiger charge is 2.34. The zero-order valence-corrected chi connectivity index (χ0v) is 19.3. The number of ether oxygens (including phenoxy) is 1. The molecule has 1 aliphatic carbocycles. The van der Waals surface area contributed by atoms with Crippen molar-refractivity contribution in [1.29, 1.82) is 0 Å². The van der Waals surface area contributed by atoms with Gasteiger partial charge in [0.15, 0.2) is 0 Å². The molecule has 0 aliphatic heterocycles. The summed E-state index contributed by atoms with van der Waals surface area (Å²) in [6.45, 7) is 1.03. The minimum absolute atomic E-state index is 0.111. The molecular weight excluding hydrogens is 471 g/mol. The van der Waals surface area contributed by atoms with Crippen LogP contribution in [0.4, 0.5) is 18.9 Å².